The van der Waals surface area contributed by atoms with E-state index in [0.717, 1.165) is 49.1 Å². The van der Waals surface area contributed by atoms with E-state index >= 15 is 0 Å². The second-order valence-electron chi connectivity index (χ2n) is 6.41. The second-order valence-corrected chi connectivity index (χ2v) is 7.15. The number of nitrogens with zero attached hydrogens (tertiary/aromatic N) is 3. The average molecular weight is 331 g/mol. The van der Waals surface area contributed by atoms with E-state index in [4.69, 9.17) is 14.5 Å². The molecule has 3 heterocycles. The molecule has 23 heavy (non-hydrogen) atoms. The number of anilines is 1. The summed E-state index contributed by atoms with van der Waals surface area (Å²) in [5.74, 6) is 0.804. The molecular formula is C17H21N3O2S. The first-order valence-electron chi connectivity index (χ1n) is 8.14. The van der Waals surface area contributed by atoms with Crippen LogP contribution in [-0.2, 0) is 9.47 Å². The quantitative estimate of drug-likeness (QED) is 0.847. The molecule has 2 aliphatic rings. The Kier molecular flexibility index (Phi) is 4.05. The molecule has 0 radical (unpaired) electrons. The van der Waals surface area contributed by atoms with E-state index in [1.54, 1.807) is 0 Å². The molecule has 2 saturated heterocycles. The third-order valence-electron chi connectivity index (χ3n) is 4.41. The van der Waals surface area contributed by atoms with E-state index in [0.29, 0.717) is 6.61 Å². The van der Waals surface area contributed by atoms with Crippen LogP contribution in [0.15, 0.2) is 30.3 Å². The molecule has 2 atom stereocenters. The molecule has 0 aliphatic carbocycles. The summed E-state index contributed by atoms with van der Waals surface area (Å²) >= 11 is 1.47. The maximum absolute atomic E-state index is 6.25. The predicted octanol–water partition coefficient (Wildman–Crippen LogP) is 2.98. The molecule has 122 valence electrons. The zero-order valence-corrected chi connectivity index (χ0v) is 14.1. The van der Waals surface area contributed by atoms with Gasteiger partial charge in [-0.1, -0.05) is 30.3 Å². The van der Waals surface area contributed by atoms with Gasteiger partial charge >= 0.3 is 0 Å². The molecule has 4 rings (SSSR count). The van der Waals surface area contributed by atoms with Gasteiger partial charge in [0.1, 0.15) is 5.60 Å². The Morgan fingerprint density at radius 3 is 2.96 bits per heavy atom. The molecule has 2 fully saturated rings. The average Bonchev–Trinajstić information content (AvgIpc) is 3.06. The Labute approximate surface area is 140 Å². The Hall–Kier alpha value is -1.50. The van der Waals surface area contributed by atoms with Crippen molar-refractivity contribution in [3.05, 3.63) is 30.3 Å². The Balaban J connectivity index is 1.56. The van der Waals surface area contributed by atoms with Gasteiger partial charge in [0.2, 0.25) is 5.13 Å². The molecule has 0 amide bonds. The van der Waals surface area contributed by atoms with Crippen LogP contribution in [0, 0.1) is 0 Å². The minimum atomic E-state index is -0.186. The van der Waals surface area contributed by atoms with E-state index in [1.807, 2.05) is 30.3 Å². The zero-order chi connectivity index (χ0) is 15.7. The van der Waals surface area contributed by atoms with Gasteiger partial charge in [0.05, 0.1) is 19.3 Å². The Morgan fingerprint density at radius 1 is 1.30 bits per heavy atom. The van der Waals surface area contributed by atoms with Crippen LogP contribution in [0.4, 0.5) is 5.13 Å². The maximum atomic E-state index is 6.25. The molecule has 0 bridgehead atoms. The van der Waals surface area contributed by atoms with E-state index < -0.39 is 0 Å². The summed E-state index contributed by atoms with van der Waals surface area (Å²) in [4.78, 5) is 7.07. The minimum absolute atomic E-state index is 0.175. The van der Waals surface area contributed by atoms with Crippen LogP contribution < -0.4 is 4.90 Å². The van der Waals surface area contributed by atoms with Gasteiger partial charge in [0.15, 0.2) is 5.82 Å². The van der Waals surface area contributed by atoms with Crippen molar-refractivity contribution in [2.24, 2.45) is 0 Å². The van der Waals surface area contributed by atoms with Crippen molar-refractivity contribution in [3.63, 3.8) is 0 Å². The standard InChI is InChI=1S/C17H21N3O2S/c1-13-10-20(11-17(22-13)8-5-9-21-12-17)16-18-15(19-23-16)14-6-3-2-4-7-14/h2-4,6-7,13H,5,8-12H2,1H3/t13-,17+/m0/s1. The van der Waals surface area contributed by atoms with Crippen LogP contribution in [-0.4, -0.2) is 47.4 Å². The van der Waals surface area contributed by atoms with Crippen LogP contribution in [0.1, 0.15) is 19.8 Å². The lowest BCUT2D eigenvalue weighted by Gasteiger charge is -2.47. The molecule has 1 aromatic heterocycles. The minimum Gasteiger partial charge on any atom is -0.378 e. The summed E-state index contributed by atoms with van der Waals surface area (Å²) in [5, 5.41) is 0.976. The molecular weight excluding hydrogens is 310 g/mol. The normalized spacial score (nSPS) is 28.2. The lowest BCUT2D eigenvalue weighted by molar-refractivity contribution is -0.160. The lowest BCUT2D eigenvalue weighted by Crippen LogP contribution is -2.58. The van der Waals surface area contributed by atoms with E-state index in [9.17, 15) is 0 Å². The first kappa shape index (κ1) is 15.1. The van der Waals surface area contributed by atoms with Crippen molar-refractivity contribution in [3.8, 4) is 11.4 Å². The third kappa shape index (κ3) is 3.11. The fraction of sp³-hybridized carbons (Fsp3) is 0.529. The number of benzene rings is 1. The summed E-state index contributed by atoms with van der Waals surface area (Å²) in [6.45, 7) is 5.34. The topological polar surface area (TPSA) is 47.5 Å². The Morgan fingerprint density at radius 2 is 2.17 bits per heavy atom. The van der Waals surface area contributed by atoms with Crippen LogP contribution in [0.5, 0.6) is 0 Å². The van der Waals surface area contributed by atoms with Gasteiger partial charge in [0, 0.05) is 30.2 Å². The first-order valence-corrected chi connectivity index (χ1v) is 8.91. The number of hydrogen-bond acceptors (Lipinski definition) is 6. The summed E-state index contributed by atoms with van der Waals surface area (Å²) in [6, 6.07) is 10.1. The van der Waals surface area contributed by atoms with Crippen molar-refractivity contribution in [2.75, 3.05) is 31.2 Å². The van der Waals surface area contributed by atoms with Gasteiger partial charge in [-0.3, -0.25) is 0 Å². The summed E-state index contributed by atoms with van der Waals surface area (Å²) < 4.78 is 16.5. The van der Waals surface area contributed by atoms with Crippen molar-refractivity contribution < 1.29 is 9.47 Å². The van der Waals surface area contributed by atoms with Crippen molar-refractivity contribution >= 4 is 16.7 Å². The molecule has 5 nitrogen and oxygen atoms in total. The van der Waals surface area contributed by atoms with Crippen LogP contribution >= 0.6 is 11.5 Å². The molecule has 6 heteroatoms. The van der Waals surface area contributed by atoms with E-state index in [1.165, 1.54) is 11.5 Å². The van der Waals surface area contributed by atoms with Crippen LogP contribution in [0.3, 0.4) is 0 Å². The highest BCUT2D eigenvalue weighted by molar-refractivity contribution is 7.09. The molecule has 0 N–H and O–H groups in total. The Bertz CT molecular complexity index is 655. The highest BCUT2D eigenvalue weighted by Crippen LogP contribution is 2.33. The number of ether oxygens (including phenoxy) is 2. The molecule has 1 aromatic carbocycles. The molecule has 2 aromatic rings. The molecule has 0 unspecified atom stereocenters. The zero-order valence-electron chi connectivity index (χ0n) is 13.3. The van der Waals surface area contributed by atoms with Crippen molar-refractivity contribution in [1.82, 2.24) is 9.36 Å². The first-order chi connectivity index (χ1) is 11.2. The van der Waals surface area contributed by atoms with Crippen molar-refractivity contribution in [1.29, 1.82) is 0 Å². The molecule has 0 saturated carbocycles. The van der Waals surface area contributed by atoms with Gasteiger partial charge in [-0.2, -0.15) is 9.36 Å². The highest BCUT2D eigenvalue weighted by atomic mass is 32.1. The van der Waals surface area contributed by atoms with Gasteiger partial charge in [-0.05, 0) is 19.8 Å². The number of hydrogen-bond donors (Lipinski definition) is 0. The predicted molar refractivity (Wildman–Crippen MR) is 90.9 cm³/mol. The summed E-state index contributed by atoms with van der Waals surface area (Å²) in [5.41, 5.74) is 0.876. The number of morpholine rings is 1. The number of rotatable bonds is 2. The van der Waals surface area contributed by atoms with Gasteiger partial charge in [-0.15, -0.1) is 0 Å². The van der Waals surface area contributed by atoms with Gasteiger partial charge in [-0.25, -0.2) is 0 Å². The van der Waals surface area contributed by atoms with Crippen molar-refractivity contribution in [2.45, 2.75) is 31.5 Å². The van der Waals surface area contributed by atoms with Gasteiger partial charge in [0.25, 0.3) is 0 Å². The largest absolute Gasteiger partial charge is 0.378 e. The fourth-order valence-corrected chi connectivity index (χ4v) is 4.16. The molecule has 1 spiro atoms. The second kappa shape index (κ2) is 6.19. The fourth-order valence-electron chi connectivity index (χ4n) is 3.46. The summed E-state index contributed by atoms with van der Waals surface area (Å²) in [7, 11) is 0. The van der Waals surface area contributed by atoms with Crippen LogP contribution in [0.2, 0.25) is 0 Å². The lowest BCUT2D eigenvalue weighted by atomic mass is 9.93. The highest BCUT2D eigenvalue weighted by Gasteiger charge is 2.42. The van der Waals surface area contributed by atoms with Gasteiger partial charge < -0.3 is 14.4 Å². The SMILES string of the molecule is C[C@H]1CN(c2nc(-c3ccccc3)ns2)C[C@@]2(CCCOC2)O1. The summed E-state index contributed by atoms with van der Waals surface area (Å²) in [6.07, 6.45) is 2.29. The van der Waals surface area contributed by atoms with E-state index in [-0.39, 0.29) is 11.7 Å². The number of aromatic nitrogens is 2. The van der Waals surface area contributed by atoms with E-state index in [2.05, 4.69) is 16.2 Å². The molecule has 2 aliphatic heterocycles. The monoisotopic (exact) mass is 331 g/mol. The van der Waals surface area contributed by atoms with Crippen LogP contribution in [0.25, 0.3) is 11.4 Å². The maximum Gasteiger partial charge on any atom is 0.205 e. The third-order valence-corrected chi connectivity index (χ3v) is 5.19. The smallest absolute Gasteiger partial charge is 0.205 e.